The number of amides is 1. The molecule has 0 aromatic heterocycles. The van der Waals surface area contributed by atoms with Crippen LogP contribution in [0.2, 0.25) is 0 Å². The molecule has 0 aromatic rings. The summed E-state index contributed by atoms with van der Waals surface area (Å²) in [7, 11) is 1.71. The fourth-order valence-electron chi connectivity index (χ4n) is 1.78. The van der Waals surface area contributed by atoms with Crippen LogP contribution in [-0.2, 0) is 4.74 Å². The van der Waals surface area contributed by atoms with Gasteiger partial charge in [0.25, 0.3) is 0 Å². The van der Waals surface area contributed by atoms with Crippen LogP contribution in [0.4, 0.5) is 9.18 Å². The first-order valence-electron chi connectivity index (χ1n) is 5.57. The van der Waals surface area contributed by atoms with E-state index in [4.69, 9.17) is 4.74 Å². The molecule has 0 aromatic carbocycles. The zero-order chi connectivity index (χ0) is 12.4. The Bertz CT molecular complexity index is 265. The van der Waals surface area contributed by atoms with Crippen LogP contribution >= 0.6 is 0 Å². The highest BCUT2D eigenvalue weighted by molar-refractivity contribution is 5.68. The van der Waals surface area contributed by atoms with E-state index in [1.807, 2.05) is 0 Å². The fraction of sp³-hybridized carbons (Fsp3) is 0.909. The van der Waals surface area contributed by atoms with Gasteiger partial charge in [-0.1, -0.05) is 0 Å². The third-order valence-electron chi connectivity index (χ3n) is 2.45. The van der Waals surface area contributed by atoms with Gasteiger partial charge in [-0.15, -0.1) is 0 Å². The largest absolute Gasteiger partial charge is 0.444 e. The quantitative estimate of drug-likeness (QED) is 0.785. The van der Waals surface area contributed by atoms with E-state index in [1.165, 1.54) is 4.90 Å². The predicted octanol–water partition coefficient (Wildman–Crippen LogP) is 1.55. The van der Waals surface area contributed by atoms with Crippen LogP contribution in [-0.4, -0.2) is 48.9 Å². The molecule has 4 nitrogen and oxygen atoms in total. The summed E-state index contributed by atoms with van der Waals surface area (Å²) in [6, 6.07) is 0. The Morgan fingerprint density at radius 3 is 2.69 bits per heavy atom. The van der Waals surface area contributed by atoms with Gasteiger partial charge < -0.3 is 15.0 Å². The van der Waals surface area contributed by atoms with Crippen LogP contribution in [0.15, 0.2) is 0 Å². The molecule has 0 aliphatic carbocycles. The minimum Gasteiger partial charge on any atom is -0.444 e. The van der Waals surface area contributed by atoms with E-state index in [1.54, 1.807) is 27.8 Å². The maximum Gasteiger partial charge on any atom is 0.410 e. The Labute approximate surface area is 96.1 Å². The van der Waals surface area contributed by atoms with Crippen LogP contribution in [0.5, 0.6) is 0 Å². The first-order valence-corrected chi connectivity index (χ1v) is 5.57. The molecule has 1 atom stereocenters. The molecule has 1 aliphatic heterocycles. The standard InChI is InChI=1S/C11H21FN2O2/c1-10(2,3)16-9(15)14-6-5-11(12,8-14)7-13-4/h13H,5-8H2,1-4H3. The van der Waals surface area contributed by atoms with Crippen molar-refractivity contribution in [1.29, 1.82) is 0 Å². The van der Waals surface area contributed by atoms with Crippen molar-refractivity contribution in [3.63, 3.8) is 0 Å². The normalized spacial score (nSPS) is 25.9. The first-order chi connectivity index (χ1) is 7.26. The lowest BCUT2D eigenvalue weighted by Crippen LogP contribution is -2.41. The van der Waals surface area contributed by atoms with Gasteiger partial charge in [-0.3, -0.25) is 0 Å². The minimum atomic E-state index is -1.31. The van der Waals surface area contributed by atoms with Crippen LogP contribution in [0, 0.1) is 0 Å². The molecule has 0 radical (unpaired) electrons. The van der Waals surface area contributed by atoms with Gasteiger partial charge in [-0.2, -0.15) is 0 Å². The third-order valence-corrected chi connectivity index (χ3v) is 2.45. The highest BCUT2D eigenvalue weighted by Crippen LogP contribution is 2.26. The monoisotopic (exact) mass is 232 g/mol. The number of ether oxygens (including phenoxy) is 1. The van der Waals surface area contributed by atoms with Gasteiger partial charge in [0, 0.05) is 19.5 Å². The molecule has 0 saturated carbocycles. The smallest absolute Gasteiger partial charge is 0.410 e. The number of halogens is 1. The Morgan fingerprint density at radius 2 is 2.19 bits per heavy atom. The number of carbonyl (C=O) groups excluding carboxylic acids is 1. The zero-order valence-corrected chi connectivity index (χ0v) is 10.5. The Kier molecular flexibility index (Phi) is 3.78. The molecule has 1 heterocycles. The van der Waals surface area contributed by atoms with Gasteiger partial charge in [0.2, 0.25) is 0 Å². The molecule has 1 amide bonds. The summed E-state index contributed by atoms with van der Waals surface area (Å²) in [4.78, 5) is 13.1. The van der Waals surface area contributed by atoms with Gasteiger partial charge in [-0.05, 0) is 27.8 Å². The van der Waals surface area contributed by atoms with Crippen molar-refractivity contribution >= 4 is 6.09 Å². The van der Waals surface area contributed by atoms with Crippen molar-refractivity contribution in [2.24, 2.45) is 0 Å². The molecule has 1 unspecified atom stereocenters. The maximum atomic E-state index is 14.0. The highest BCUT2D eigenvalue weighted by Gasteiger charge is 2.40. The number of nitrogens with zero attached hydrogens (tertiary/aromatic N) is 1. The Balaban J connectivity index is 2.50. The maximum absolute atomic E-state index is 14.0. The summed E-state index contributed by atoms with van der Waals surface area (Å²) in [5, 5.41) is 2.80. The van der Waals surface area contributed by atoms with E-state index in [0.717, 1.165) is 0 Å². The Morgan fingerprint density at radius 1 is 1.56 bits per heavy atom. The van der Waals surface area contributed by atoms with Gasteiger partial charge in [0.15, 0.2) is 0 Å². The number of hydrogen-bond donors (Lipinski definition) is 1. The van der Waals surface area contributed by atoms with Crippen molar-refractivity contribution in [3.8, 4) is 0 Å². The third kappa shape index (κ3) is 3.63. The average Bonchev–Trinajstić information content (AvgIpc) is 2.45. The van der Waals surface area contributed by atoms with Gasteiger partial charge in [0.05, 0.1) is 6.54 Å². The number of alkyl halides is 1. The SMILES string of the molecule is CNCC1(F)CCN(C(=O)OC(C)(C)C)C1. The van der Waals surface area contributed by atoms with Crippen molar-refractivity contribution in [2.45, 2.75) is 38.5 Å². The molecule has 1 fully saturated rings. The van der Waals surface area contributed by atoms with E-state index < -0.39 is 17.4 Å². The zero-order valence-electron chi connectivity index (χ0n) is 10.5. The molecule has 94 valence electrons. The molecule has 1 saturated heterocycles. The molecule has 1 N–H and O–H groups in total. The number of rotatable bonds is 2. The molecule has 0 spiro atoms. The minimum absolute atomic E-state index is 0.114. The number of carbonyl (C=O) groups is 1. The van der Waals surface area contributed by atoms with Gasteiger partial charge >= 0.3 is 6.09 Å². The summed E-state index contributed by atoms with van der Waals surface area (Å²) in [5.41, 5.74) is -1.84. The van der Waals surface area contributed by atoms with Crippen molar-refractivity contribution in [2.75, 3.05) is 26.7 Å². The van der Waals surface area contributed by atoms with Crippen LogP contribution in [0.1, 0.15) is 27.2 Å². The lowest BCUT2D eigenvalue weighted by atomic mass is 10.1. The van der Waals surface area contributed by atoms with Crippen molar-refractivity contribution in [1.82, 2.24) is 10.2 Å². The number of likely N-dealkylation sites (tertiary alicyclic amines) is 1. The second kappa shape index (κ2) is 4.57. The van der Waals surface area contributed by atoms with Crippen LogP contribution in [0.25, 0.3) is 0 Å². The van der Waals surface area contributed by atoms with Crippen LogP contribution < -0.4 is 5.32 Å². The van der Waals surface area contributed by atoms with Gasteiger partial charge in [-0.25, -0.2) is 9.18 Å². The number of nitrogens with one attached hydrogen (secondary N) is 1. The molecular formula is C11H21FN2O2. The van der Waals surface area contributed by atoms with Crippen LogP contribution in [0.3, 0.4) is 0 Å². The summed E-state index contributed by atoms with van der Waals surface area (Å²) in [6.07, 6.45) is -0.0595. The Hall–Kier alpha value is -0.840. The lowest BCUT2D eigenvalue weighted by Gasteiger charge is -2.25. The first kappa shape index (κ1) is 13.2. The summed E-state index contributed by atoms with van der Waals surface area (Å²) >= 11 is 0. The molecule has 5 heteroatoms. The van der Waals surface area contributed by atoms with E-state index in [-0.39, 0.29) is 13.1 Å². The molecule has 1 rings (SSSR count). The highest BCUT2D eigenvalue weighted by atomic mass is 19.1. The number of hydrogen-bond acceptors (Lipinski definition) is 3. The summed E-state index contributed by atoms with van der Waals surface area (Å²) in [6.45, 7) is 6.22. The molecular weight excluding hydrogens is 211 g/mol. The predicted molar refractivity (Wildman–Crippen MR) is 60.2 cm³/mol. The summed E-state index contributed by atoms with van der Waals surface area (Å²) < 4.78 is 19.2. The molecule has 16 heavy (non-hydrogen) atoms. The lowest BCUT2D eigenvalue weighted by molar-refractivity contribution is 0.0259. The summed E-state index contributed by atoms with van der Waals surface area (Å²) in [5.74, 6) is 0. The second-order valence-electron chi connectivity index (χ2n) is 5.33. The molecule has 1 aliphatic rings. The van der Waals surface area contributed by atoms with Gasteiger partial charge in [0.1, 0.15) is 11.3 Å². The topological polar surface area (TPSA) is 41.6 Å². The second-order valence-corrected chi connectivity index (χ2v) is 5.33. The van der Waals surface area contributed by atoms with Crippen molar-refractivity contribution in [3.05, 3.63) is 0 Å². The van der Waals surface area contributed by atoms with E-state index >= 15 is 0 Å². The molecule has 0 bridgehead atoms. The van der Waals surface area contributed by atoms with Crippen molar-refractivity contribution < 1.29 is 13.9 Å². The average molecular weight is 232 g/mol. The van der Waals surface area contributed by atoms with E-state index in [0.29, 0.717) is 13.0 Å². The van der Waals surface area contributed by atoms with E-state index in [9.17, 15) is 9.18 Å². The van der Waals surface area contributed by atoms with E-state index in [2.05, 4.69) is 5.32 Å². The fourth-order valence-corrected chi connectivity index (χ4v) is 1.78.